The maximum atomic E-state index is 12.7. The van der Waals surface area contributed by atoms with E-state index in [1.807, 2.05) is 60.7 Å². The standard InChI is InChI=1S/C20H25NO2S/c1-16(2)15-23-14-13-21-20(22)19(17-9-5-3-6-10-17)24-18-11-7-4-8-12-18/h3-12,16,19H,13-15H2,1-2H3,(H,21,22). The van der Waals surface area contributed by atoms with E-state index in [2.05, 4.69) is 19.2 Å². The van der Waals surface area contributed by atoms with Gasteiger partial charge in [0.05, 0.1) is 6.61 Å². The summed E-state index contributed by atoms with van der Waals surface area (Å²) >= 11 is 1.57. The number of thioether (sulfide) groups is 1. The number of hydrogen-bond donors (Lipinski definition) is 1. The topological polar surface area (TPSA) is 38.3 Å². The van der Waals surface area contributed by atoms with Gasteiger partial charge in [0, 0.05) is 18.0 Å². The van der Waals surface area contributed by atoms with Crippen molar-refractivity contribution in [3.63, 3.8) is 0 Å². The molecule has 0 aliphatic carbocycles. The Hall–Kier alpha value is -1.78. The van der Waals surface area contributed by atoms with Gasteiger partial charge in [-0.25, -0.2) is 0 Å². The Morgan fingerprint density at radius 2 is 1.67 bits per heavy atom. The van der Waals surface area contributed by atoms with Crippen molar-refractivity contribution in [2.24, 2.45) is 5.92 Å². The van der Waals surface area contributed by atoms with Gasteiger partial charge in [-0.3, -0.25) is 4.79 Å². The lowest BCUT2D eigenvalue weighted by Gasteiger charge is -2.17. The molecular weight excluding hydrogens is 318 g/mol. The van der Waals surface area contributed by atoms with Crippen LogP contribution >= 0.6 is 11.8 Å². The third-order valence-corrected chi connectivity index (χ3v) is 4.60. The third kappa shape index (κ3) is 6.38. The van der Waals surface area contributed by atoms with Crippen molar-refractivity contribution in [3.8, 4) is 0 Å². The molecule has 0 bridgehead atoms. The highest BCUT2D eigenvalue weighted by molar-refractivity contribution is 8.00. The molecule has 0 saturated heterocycles. The van der Waals surface area contributed by atoms with Gasteiger partial charge >= 0.3 is 0 Å². The molecule has 2 aromatic carbocycles. The number of hydrogen-bond acceptors (Lipinski definition) is 3. The molecule has 128 valence electrons. The summed E-state index contributed by atoms with van der Waals surface area (Å²) in [6, 6.07) is 19.9. The van der Waals surface area contributed by atoms with Gasteiger partial charge in [-0.15, -0.1) is 11.8 Å². The Morgan fingerprint density at radius 1 is 1.04 bits per heavy atom. The second kappa shape index (κ2) is 10.2. The Labute approximate surface area is 148 Å². The van der Waals surface area contributed by atoms with Gasteiger partial charge in [0.15, 0.2) is 0 Å². The van der Waals surface area contributed by atoms with Crippen LogP contribution in [0.25, 0.3) is 0 Å². The molecule has 0 spiro atoms. The maximum absolute atomic E-state index is 12.7. The van der Waals surface area contributed by atoms with Crippen LogP contribution in [0.15, 0.2) is 65.6 Å². The van der Waals surface area contributed by atoms with Crippen LogP contribution < -0.4 is 5.32 Å². The van der Waals surface area contributed by atoms with Gasteiger partial charge in [-0.05, 0) is 23.6 Å². The molecule has 24 heavy (non-hydrogen) atoms. The lowest BCUT2D eigenvalue weighted by atomic mass is 10.1. The molecule has 1 unspecified atom stereocenters. The van der Waals surface area contributed by atoms with Crippen molar-refractivity contribution in [1.29, 1.82) is 0 Å². The number of amides is 1. The first kappa shape index (κ1) is 18.6. The normalized spacial score (nSPS) is 12.1. The van der Waals surface area contributed by atoms with E-state index >= 15 is 0 Å². The monoisotopic (exact) mass is 343 g/mol. The van der Waals surface area contributed by atoms with Crippen molar-refractivity contribution in [3.05, 3.63) is 66.2 Å². The minimum Gasteiger partial charge on any atom is -0.379 e. The number of carbonyl (C=O) groups excluding carboxylic acids is 1. The molecule has 0 radical (unpaired) electrons. The fraction of sp³-hybridized carbons (Fsp3) is 0.350. The minimum atomic E-state index is -0.265. The van der Waals surface area contributed by atoms with Crippen LogP contribution in [-0.4, -0.2) is 25.7 Å². The number of benzene rings is 2. The first-order valence-electron chi connectivity index (χ1n) is 8.29. The largest absolute Gasteiger partial charge is 0.379 e. The zero-order valence-electron chi connectivity index (χ0n) is 14.3. The molecule has 3 nitrogen and oxygen atoms in total. The molecule has 2 aromatic rings. The summed E-state index contributed by atoms with van der Waals surface area (Å²) < 4.78 is 5.53. The predicted molar refractivity (Wildman–Crippen MR) is 100 cm³/mol. The van der Waals surface area contributed by atoms with Crippen LogP contribution in [0.2, 0.25) is 0 Å². The zero-order chi connectivity index (χ0) is 17.2. The molecule has 1 N–H and O–H groups in total. The van der Waals surface area contributed by atoms with Gasteiger partial charge in [0.1, 0.15) is 5.25 Å². The summed E-state index contributed by atoms with van der Waals surface area (Å²) in [5.74, 6) is 0.523. The highest BCUT2D eigenvalue weighted by Gasteiger charge is 2.21. The maximum Gasteiger partial charge on any atom is 0.238 e. The number of ether oxygens (including phenoxy) is 1. The van der Waals surface area contributed by atoms with E-state index in [1.54, 1.807) is 11.8 Å². The second-order valence-electron chi connectivity index (χ2n) is 5.98. The molecular formula is C20H25NO2S. The lowest BCUT2D eigenvalue weighted by molar-refractivity contribution is -0.120. The Balaban J connectivity index is 1.96. The molecule has 0 aliphatic heterocycles. The fourth-order valence-electron chi connectivity index (χ4n) is 2.19. The first-order valence-corrected chi connectivity index (χ1v) is 9.17. The van der Waals surface area contributed by atoms with Gasteiger partial charge in [0.2, 0.25) is 5.91 Å². The van der Waals surface area contributed by atoms with Gasteiger partial charge in [-0.1, -0.05) is 62.4 Å². The van der Waals surface area contributed by atoms with E-state index in [0.717, 1.165) is 17.1 Å². The van der Waals surface area contributed by atoms with Gasteiger partial charge in [0.25, 0.3) is 0 Å². The Kier molecular flexibility index (Phi) is 7.86. The summed E-state index contributed by atoms with van der Waals surface area (Å²) in [5.41, 5.74) is 1.01. The van der Waals surface area contributed by atoms with E-state index in [4.69, 9.17) is 4.74 Å². The van der Waals surface area contributed by atoms with E-state index in [9.17, 15) is 4.79 Å². The number of carbonyl (C=O) groups is 1. The van der Waals surface area contributed by atoms with Gasteiger partial charge in [-0.2, -0.15) is 0 Å². The van der Waals surface area contributed by atoms with Crippen molar-refractivity contribution in [2.75, 3.05) is 19.8 Å². The first-order chi connectivity index (χ1) is 11.7. The zero-order valence-corrected chi connectivity index (χ0v) is 15.1. The summed E-state index contributed by atoms with van der Waals surface area (Å²) in [6.07, 6.45) is 0. The van der Waals surface area contributed by atoms with Crippen molar-refractivity contribution in [1.82, 2.24) is 5.32 Å². The summed E-state index contributed by atoms with van der Waals surface area (Å²) in [7, 11) is 0. The predicted octanol–water partition coefficient (Wildman–Crippen LogP) is 4.31. The summed E-state index contributed by atoms with van der Waals surface area (Å²) in [5, 5.41) is 2.73. The fourth-order valence-corrected chi connectivity index (χ4v) is 3.26. The molecule has 4 heteroatoms. The number of rotatable bonds is 9. The number of nitrogens with one attached hydrogen (secondary N) is 1. The Bertz CT molecular complexity index is 602. The molecule has 0 aromatic heterocycles. The highest BCUT2D eigenvalue weighted by atomic mass is 32.2. The molecule has 2 rings (SSSR count). The smallest absolute Gasteiger partial charge is 0.238 e. The van der Waals surface area contributed by atoms with E-state index in [1.165, 1.54) is 0 Å². The summed E-state index contributed by atoms with van der Waals surface area (Å²) in [4.78, 5) is 13.7. The van der Waals surface area contributed by atoms with Gasteiger partial charge < -0.3 is 10.1 Å². The van der Waals surface area contributed by atoms with Crippen LogP contribution in [-0.2, 0) is 9.53 Å². The van der Waals surface area contributed by atoms with E-state index in [-0.39, 0.29) is 11.2 Å². The van der Waals surface area contributed by atoms with Crippen LogP contribution in [0.3, 0.4) is 0 Å². The van der Waals surface area contributed by atoms with Crippen LogP contribution in [0.4, 0.5) is 0 Å². The van der Waals surface area contributed by atoms with Crippen LogP contribution in [0.5, 0.6) is 0 Å². The average molecular weight is 343 g/mol. The average Bonchev–Trinajstić information content (AvgIpc) is 2.60. The molecule has 0 aliphatic rings. The van der Waals surface area contributed by atoms with E-state index < -0.39 is 0 Å². The quantitative estimate of drug-likeness (QED) is 0.545. The molecule has 0 heterocycles. The van der Waals surface area contributed by atoms with Crippen molar-refractivity contribution < 1.29 is 9.53 Å². The minimum absolute atomic E-state index is 0.0169. The van der Waals surface area contributed by atoms with Crippen LogP contribution in [0, 0.1) is 5.92 Å². The third-order valence-electron chi connectivity index (χ3n) is 3.33. The second-order valence-corrected chi connectivity index (χ2v) is 7.16. The Morgan fingerprint density at radius 3 is 2.29 bits per heavy atom. The van der Waals surface area contributed by atoms with E-state index in [0.29, 0.717) is 19.1 Å². The van der Waals surface area contributed by atoms with Crippen molar-refractivity contribution in [2.45, 2.75) is 24.0 Å². The molecule has 1 atom stereocenters. The summed E-state index contributed by atoms with van der Waals surface area (Å²) in [6.45, 7) is 6.02. The highest BCUT2D eigenvalue weighted by Crippen LogP contribution is 2.35. The van der Waals surface area contributed by atoms with Crippen LogP contribution in [0.1, 0.15) is 24.7 Å². The SMILES string of the molecule is CC(C)COCCNC(=O)C(Sc1ccccc1)c1ccccc1. The molecule has 0 fully saturated rings. The van der Waals surface area contributed by atoms with Crippen molar-refractivity contribution >= 4 is 17.7 Å². The molecule has 1 amide bonds. The lowest BCUT2D eigenvalue weighted by Crippen LogP contribution is -2.31. The molecule has 0 saturated carbocycles.